The predicted octanol–water partition coefficient (Wildman–Crippen LogP) is 0.489. The summed E-state index contributed by atoms with van der Waals surface area (Å²) in [7, 11) is -3.93. The SMILES string of the molecule is O=[N+]([O-])c1ccc(S(=O)(=O)N2CCC(O)C2)cc1F. The summed E-state index contributed by atoms with van der Waals surface area (Å²) in [5.41, 5.74) is -0.777. The van der Waals surface area contributed by atoms with Gasteiger partial charge in [-0.1, -0.05) is 0 Å². The lowest BCUT2D eigenvalue weighted by Crippen LogP contribution is -2.29. The Morgan fingerprint density at radius 3 is 2.63 bits per heavy atom. The van der Waals surface area contributed by atoms with Gasteiger partial charge in [0.2, 0.25) is 15.8 Å². The molecule has 104 valence electrons. The number of benzene rings is 1. The maximum Gasteiger partial charge on any atom is 0.304 e. The van der Waals surface area contributed by atoms with E-state index < -0.39 is 32.6 Å². The van der Waals surface area contributed by atoms with Gasteiger partial charge in [-0.2, -0.15) is 8.70 Å². The zero-order valence-corrected chi connectivity index (χ0v) is 10.5. The molecule has 1 fully saturated rings. The van der Waals surface area contributed by atoms with Crippen LogP contribution in [-0.2, 0) is 10.0 Å². The summed E-state index contributed by atoms with van der Waals surface area (Å²) >= 11 is 0. The molecule has 1 aliphatic rings. The van der Waals surface area contributed by atoms with Crippen molar-refractivity contribution in [2.75, 3.05) is 13.1 Å². The van der Waals surface area contributed by atoms with Gasteiger partial charge in [-0.25, -0.2) is 8.42 Å². The maximum absolute atomic E-state index is 13.4. The second-order valence-electron chi connectivity index (χ2n) is 4.18. The summed E-state index contributed by atoms with van der Waals surface area (Å²) in [6.07, 6.45) is -0.424. The van der Waals surface area contributed by atoms with Crippen molar-refractivity contribution in [2.24, 2.45) is 0 Å². The van der Waals surface area contributed by atoms with Gasteiger partial charge in [0.25, 0.3) is 0 Å². The van der Waals surface area contributed by atoms with E-state index in [2.05, 4.69) is 0 Å². The fourth-order valence-corrected chi connectivity index (χ4v) is 3.38. The highest BCUT2D eigenvalue weighted by Crippen LogP contribution is 2.25. The molecule has 1 heterocycles. The lowest BCUT2D eigenvalue weighted by atomic mass is 10.3. The van der Waals surface area contributed by atoms with E-state index in [-0.39, 0.29) is 18.0 Å². The summed E-state index contributed by atoms with van der Waals surface area (Å²) in [4.78, 5) is 9.17. The van der Waals surface area contributed by atoms with Crippen LogP contribution in [0.2, 0.25) is 0 Å². The van der Waals surface area contributed by atoms with Crippen molar-refractivity contribution in [1.29, 1.82) is 0 Å². The van der Waals surface area contributed by atoms with Crippen molar-refractivity contribution in [3.63, 3.8) is 0 Å². The van der Waals surface area contributed by atoms with Crippen molar-refractivity contribution in [2.45, 2.75) is 17.4 Å². The first-order chi connectivity index (χ1) is 8.82. The molecule has 0 saturated carbocycles. The number of nitrogens with zero attached hydrogens (tertiary/aromatic N) is 2. The van der Waals surface area contributed by atoms with Crippen molar-refractivity contribution < 1.29 is 22.8 Å². The van der Waals surface area contributed by atoms with Crippen LogP contribution in [0.25, 0.3) is 0 Å². The Morgan fingerprint density at radius 1 is 1.47 bits per heavy atom. The number of aliphatic hydroxyl groups is 1. The fraction of sp³-hybridized carbons (Fsp3) is 0.400. The van der Waals surface area contributed by atoms with Crippen LogP contribution in [0.4, 0.5) is 10.1 Å². The van der Waals surface area contributed by atoms with Gasteiger partial charge in [-0.05, 0) is 12.5 Å². The zero-order chi connectivity index (χ0) is 14.2. The summed E-state index contributed by atoms with van der Waals surface area (Å²) < 4.78 is 38.6. The molecule has 0 aliphatic carbocycles. The average Bonchev–Trinajstić information content (AvgIpc) is 2.76. The Labute approximate surface area is 108 Å². The number of nitro groups is 1. The van der Waals surface area contributed by atoms with Crippen LogP contribution in [0, 0.1) is 15.9 Å². The minimum atomic E-state index is -3.93. The highest BCUT2D eigenvalue weighted by atomic mass is 32.2. The number of hydrogen-bond donors (Lipinski definition) is 1. The Bertz CT molecular complexity index is 618. The predicted molar refractivity (Wildman–Crippen MR) is 62.4 cm³/mol. The van der Waals surface area contributed by atoms with Crippen LogP contribution in [0.3, 0.4) is 0 Å². The van der Waals surface area contributed by atoms with Gasteiger partial charge in [-0.3, -0.25) is 10.1 Å². The highest BCUT2D eigenvalue weighted by molar-refractivity contribution is 7.89. The molecular weight excluding hydrogens is 279 g/mol. The number of β-amino-alcohol motifs (C(OH)–C–C–N with tert-alkyl or cyclic N) is 1. The molecule has 1 aromatic carbocycles. The minimum Gasteiger partial charge on any atom is -0.392 e. The van der Waals surface area contributed by atoms with E-state index in [0.29, 0.717) is 12.5 Å². The summed E-state index contributed by atoms with van der Waals surface area (Å²) in [6, 6.07) is 2.42. The fourth-order valence-electron chi connectivity index (χ4n) is 1.87. The monoisotopic (exact) mass is 290 g/mol. The van der Waals surface area contributed by atoms with Gasteiger partial charge < -0.3 is 5.11 Å². The second-order valence-corrected chi connectivity index (χ2v) is 6.11. The van der Waals surface area contributed by atoms with Crippen LogP contribution in [0.1, 0.15) is 6.42 Å². The van der Waals surface area contributed by atoms with E-state index in [1.807, 2.05) is 0 Å². The molecule has 19 heavy (non-hydrogen) atoms. The van der Waals surface area contributed by atoms with Crippen LogP contribution in [-0.4, -0.2) is 41.9 Å². The largest absolute Gasteiger partial charge is 0.392 e. The molecule has 1 N–H and O–H groups in total. The first-order valence-corrected chi connectivity index (χ1v) is 6.88. The number of nitro benzene ring substituents is 1. The normalized spacial score (nSPS) is 20.6. The molecule has 9 heteroatoms. The molecule has 0 bridgehead atoms. The standard InChI is InChI=1S/C10H11FN2O5S/c11-9-5-8(1-2-10(9)13(15)16)19(17,18)12-4-3-7(14)6-12/h1-2,5,7,14H,3-4,6H2. The van der Waals surface area contributed by atoms with Crippen LogP contribution < -0.4 is 0 Å². The van der Waals surface area contributed by atoms with Gasteiger partial charge in [0.15, 0.2) is 0 Å². The first kappa shape index (κ1) is 13.8. The Balaban J connectivity index is 2.36. The summed E-state index contributed by atoms with van der Waals surface area (Å²) in [6.45, 7) is 0.0864. The van der Waals surface area contributed by atoms with Crippen LogP contribution in [0.5, 0.6) is 0 Å². The second kappa shape index (κ2) is 4.83. The van der Waals surface area contributed by atoms with E-state index in [0.717, 1.165) is 16.4 Å². The third-order valence-corrected chi connectivity index (χ3v) is 4.74. The van der Waals surface area contributed by atoms with E-state index in [1.54, 1.807) is 0 Å². The molecule has 0 radical (unpaired) electrons. The summed E-state index contributed by atoms with van der Waals surface area (Å²) in [5.74, 6) is -1.20. The molecule has 2 rings (SSSR count). The Kier molecular flexibility index (Phi) is 3.52. The van der Waals surface area contributed by atoms with E-state index in [9.17, 15) is 28.0 Å². The molecule has 1 saturated heterocycles. The van der Waals surface area contributed by atoms with E-state index in [4.69, 9.17) is 0 Å². The number of hydrogen-bond acceptors (Lipinski definition) is 5. The lowest BCUT2D eigenvalue weighted by molar-refractivity contribution is -0.387. The van der Waals surface area contributed by atoms with E-state index >= 15 is 0 Å². The Morgan fingerprint density at radius 2 is 2.16 bits per heavy atom. The van der Waals surface area contributed by atoms with Gasteiger partial charge in [-0.15, -0.1) is 0 Å². The van der Waals surface area contributed by atoms with E-state index in [1.165, 1.54) is 0 Å². The van der Waals surface area contributed by atoms with Gasteiger partial charge in [0.05, 0.1) is 15.9 Å². The molecule has 1 unspecified atom stereocenters. The lowest BCUT2D eigenvalue weighted by Gasteiger charge is -2.15. The minimum absolute atomic E-state index is 0.0546. The van der Waals surface area contributed by atoms with Crippen LogP contribution in [0.15, 0.2) is 23.1 Å². The molecule has 0 aromatic heterocycles. The topological polar surface area (TPSA) is 101 Å². The smallest absolute Gasteiger partial charge is 0.304 e. The quantitative estimate of drug-likeness (QED) is 0.645. The number of aliphatic hydroxyl groups excluding tert-OH is 1. The Hall–Kier alpha value is -1.58. The highest BCUT2D eigenvalue weighted by Gasteiger charge is 2.32. The molecule has 1 atom stereocenters. The summed E-state index contributed by atoms with van der Waals surface area (Å²) in [5, 5.41) is 19.8. The van der Waals surface area contributed by atoms with Gasteiger partial charge >= 0.3 is 5.69 Å². The number of halogens is 1. The van der Waals surface area contributed by atoms with Crippen molar-refractivity contribution in [1.82, 2.24) is 4.31 Å². The molecule has 1 aliphatic heterocycles. The van der Waals surface area contributed by atoms with Gasteiger partial charge in [0.1, 0.15) is 0 Å². The molecule has 0 spiro atoms. The third-order valence-electron chi connectivity index (χ3n) is 2.88. The molecular formula is C10H11FN2O5S. The number of rotatable bonds is 3. The number of sulfonamides is 1. The van der Waals surface area contributed by atoms with Crippen molar-refractivity contribution in [3.8, 4) is 0 Å². The first-order valence-electron chi connectivity index (χ1n) is 5.44. The third kappa shape index (κ3) is 2.57. The zero-order valence-electron chi connectivity index (χ0n) is 9.69. The average molecular weight is 290 g/mol. The maximum atomic E-state index is 13.4. The van der Waals surface area contributed by atoms with Crippen molar-refractivity contribution >= 4 is 15.7 Å². The molecule has 0 amide bonds. The molecule has 1 aromatic rings. The van der Waals surface area contributed by atoms with Crippen molar-refractivity contribution in [3.05, 3.63) is 34.1 Å². The van der Waals surface area contributed by atoms with Gasteiger partial charge in [0, 0.05) is 25.2 Å². The molecule has 7 nitrogen and oxygen atoms in total. The van der Waals surface area contributed by atoms with Crippen LogP contribution >= 0.6 is 0 Å².